The van der Waals surface area contributed by atoms with Gasteiger partial charge >= 0.3 is 0 Å². The molecule has 0 aliphatic carbocycles. The number of carbonyl (C=O) groups excluding carboxylic acids is 1. The molecule has 0 radical (unpaired) electrons. The van der Waals surface area contributed by atoms with Crippen LogP contribution in [0.2, 0.25) is 0 Å². The third kappa shape index (κ3) is 3.04. The highest BCUT2D eigenvalue weighted by Gasteiger charge is 2.38. The fourth-order valence-electron chi connectivity index (χ4n) is 2.93. The Morgan fingerprint density at radius 3 is 2.60 bits per heavy atom. The van der Waals surface area contributed by atoms with Crippen molar-refractivity contribution in [3.63, 3.8) is 0 Å². The lowest BCUT2D eigenvalue weighted by molar-refractivity contribution is -0.130. The summed E-state index contributed by atoms with van der Waals surface area (Å²) in [5, 5.41) is 3.54. The number of amides is 1. The van der Waals surface area contributed by atoms with Crippen LogP contribution in [0, 0.1) is 6.92 Å². The highest BCUT2D eigenvalue weighted by molar-refractivity contribution is 5.84. The summed E-state index contributed by atoms with van der Waals surface area (Å²) >= 11 is 0. The first-order chi connectivity index (χ1) is 9.69. The average Bonchev–Trinajstić information content (AvgIpc) is 2.75. The van der Waals surface area contributed by atoms with E-state index in [1.54, 1.807) is 0 Å². The van der Waals surface area contributed by atoms with Crippen molar-refractivity contribution in [2.24, 2.45) is 0 Å². The predicted octanol–water partition coefficient (Wildman–Crippen LogP) is 3.39. The Morgan fingerprint density at radius 1 is 1.20 bits per heavy atom. The first-order valence-corrected chi connectivity index (χ1v) is 7.81. The molecule has 1 heterocycles. The zero-order chi connectivity index (χ0) is 14.5. The maximum atomic E-state index is 12.6. The lowest BCUT2D eigenvalue weighted by Crippen LogP contribution is -2.32. The molecule has 1 N–H and O–H groups in total. The maximum Gasteiger partial charge on any atom is 0.241 e. The molecule has 1 amide bonds. The number of hydrogen-bond acceptors (Lipinski definition) is 2. The van der Waals surface area contributed by atoms with Crippen molar-refractivity contribution in [3.8, 4) is 0 Å². The maximum absolute atomic E-state index is 12.6. The first-order valence-electron chi connectivity index (χ1n) is 7.81. The van der Waals surface area contributed by atoms with Gasteiger partial charge in [-0.05, 0) is 30.9 Å². The molecule has 2 rings (SSSR count). The first kappa shape index (κ1) is 15.0. The third-order valence-electron chi connectivity index (χ3n) is 4.05. The van der Waals surface area contributed by atoms with E-state index in [0.29, 0.717) is 0 Å². The van der Waals surface area contributed by atoms with Crippen LogP contribution in [-0.2, 0) is 4.79 Å². The van der Waals surface area contributed by atoms with Crippen LogP contribution in [0.25, 0.3) is 0 Å². The van der Waals surface area contributed by atoms with Crippen LogP contribution in [0.1, 0.15) is 56.8 Å². The minimum atomic E-state index is -0.00824. The molecule has 0 spiro atoms. The van der Waals surface area contributed by atoms with Crippen LogP contribution < -0.4 is 5.32 Å². The van der Waals surface area contributed by atoms with Gasteiger partial charge in [0.05, 0.1) is 6.04 Å². The fraction of sp³-hybridized carbons (Fsp3) is 0.588. The molecule has 3 nitrogen and oxygen atoms in total. The van der Waals surface area contributed by atoms with Gasteiger partial charge in [0.25, 0.3) is 0 Å². The van der Waals surface area contributed by atoms with Gasteiger partial charge in [-0.15, -0.1) is 0 Å². The van der Waals surface area contributed by atoms with E-state index in [1.165, 1.54) is 11.1 Å². The van der Waals surface area contributed by atoms with Gasteiger partial charge < -0.3 is 4.90 Å². The number of nitrogens with one attached hydrogen (secondary N) is 1. The standard InChI is InChI=1S/C17H26N2O/c1-4-6-11-15-17(20)19(12-5-2)16(18-15)14-10-8-7-9-13(14)3/h7-10,15-16,18H,4-6,11-12H2,1-3H3. The smallest absolute Gasteiger partial charge is 0.241 e. The quantitative estimate of drug-likeness (QED) is 0.862. The Bertz CT molecular complexity index is 458. The predicted molar refractivity (Wildman–Crippen MR) is 82.4 cm³/mol. The molecule has 20 heavy (non-hydrogen) atoms. The van der Waals surface area contributed by atoms with Gasteiger partial charge in [-0.3, -0.25) is 10.1 Å². The summed E-state index contributed by atoms with van der Waals surface area (Å²) < 4.78 is 0. The Balaban J connectivity index is 2.22. The number of aryl methyl sites for hydroxylation is 1. The Kier molecular flexibility index (Phi) is 5.18. The summed E-state index contributed by atoms with van der Waals surface area (Å²) in [5.74, 6) is 0.272. The molecule has 1 aliphatic rings. The van der Waals surface area contributed by atoms with Gasteiger partial charge in [-0.2, -0.15) is 0 Å². The van der Waals surface area contributed by atoms with Gasteiger partial charge in [0.15, 0.2) is 0 Å². The number of unbranched alkanes of at least 4 members (excludes halogenated alkanes) is 1. The Labute approximate surface area is 122 Å². The van der Waals surface area contributed by atoms with Crippen molar-refractivity contribution >= 4 is 5.91 Å². The lowest BCUT2D eigenvalue weighted by Gasteiger charge is -2.25. The van der Waals surface area contributed by atoms with Gasteiger partial charge in [0.2, 0.25) is 5.91 Å². The molecular formula is C17H26N2O. The van der Waals surface area contributed by atoms with E-state index in [4.69, 9.17) is 0 Å². The summed E-state index contributed by atoms with van der Waals surface area (Å²) in [6, 6.07) is 8.34. The summed E-state index contributed by atoms with van der Waals surface area (Å²) in [6.45, 7) is 7.24. The average molecular weight is 274 g/mol. The number of benzene rings is 1. The molecule has 0 saturated carbocycles. The van der Waals surface area contributed by atoms with Gasteiger partial charge in [-0.25, -0.2) is 0 Å². The van der Waals surface area contributed by atoms with Gasteiger partial charge in [-0.1, -0.05) is 51.0 Å². The summed E-state index contributed by atoms with van der Waals surface area (Å²) in [6.07, 6.45) is 4.22. The van der Waals surface area contributed by atoms with Crippen molar-refractivity contribution in [2.45, 2.75) is 58.7 Å². The summed E-state index contributed by atoms with van der Waals surface area (Å²) in [4.78, 5) is 14.6. The van der Waals surface area contributed by atoms with E-state index in [9.17, 15) is 4.79 Å². The second-order valence-corrected chi connectivity index (χ2v) is 5.65. The van der Waals surface area contributed by atoms with Crippen LogP contribution >= 0.6 is 0 Å². The SMILES string of the molecule is CCCCC1NC(c2ccccc2C)N(CCC)C1=O. The van der Waals surface area contributed by atoms with E-state index < -0.39 is 0 Å². The second-order valence-electron chi connectivity index (χ2n) is 5.65. The van der Waals surface area contributed by atoms with E-state index in [-0.39, 0.29) is 18.1 Å². The molecule has 1 aromatic carbocycles. The molecule has 2 unspecified atom stereocenters. The molecular weight excluding hydrogens is 248 g/mol. The molecule has 2 atom stereocenters. The van der Waals surface area contributed by atoms with Crippen molar-refractivity contribution in [1.29, 1.82) is 0 Å². The van der Waals surface area contributed by atoms with Crippen molar-refractivity contribution < 1.29 is 4.79 Å². The number of hydrogen-bond donors (Lipinski definition) is 1. The molecule has 3 heteroatoms. The molecule has 110 valence electrons. The minimum Gasteiger partial charge on any atom is -0.322 e. The van der Waals surface area contributed by atoms with Crippen molar-refractivity contribution in [3.05, 3.63) is 35.4 Å². The van der Waals surface area contributed by atoms with Gasteiger partial charge in [0.1, 0.15) is 6.17 Å². The second kappa shape index (κ2) is 6.89. The highest BCUT2D eigenvalue weighted by Crippen LogP contribution is 2.29. The van der Waals surface area contributed by atoms with E-state index in [0.717, 1.165) is 32.2 Å². The number of nitrogens with zero attached hydrogens (tertiary/aromatic N) is 1. The normalized spacial score (nSPS) is 22.6. The summed E-state index contributed by atoms with van der Waals surface area (Å²) in [5.41, 5.74) is 2.48. The van der Waals surface area contributed by atoms with Crippen LogP contribution in [0.3, 0.4) is 0 Å². The molecule has 1 aliphatic heterocycles. The zero-order valence-electron chi connectivity index (χ0n) is 12.9. The monoisotopic (exact) mass is 274 g/mol. The molecule has 1 aromatic rings. The van der Waals surface area contributed by atoms with E-state index in [2.05, 4.69) is 44.3 Å². The third-order valence-corrected chi connectivity index (χ3v) is 4.05. The van der Waals surface area contributed by atoms with Crippen molar-refractivity contribution in [2.75, 3.05) is 6.54 Å². The van der Waals surface area contributed by atoms with Crippen LogP contribution in [0.15, 0.2) is 24.3 Å². The Hall–Kier alpha value is -1.35. The van der Waals surface area contributed by atoms with Crippen LogP contribution in [0.4, 0.5) is 0 Å². The van der Waals surface area contributed by atoms with Gasteiger partial charge in [0, 0.05) is 6.54 Å². The Morgan fingerprint density at radius 2 is 1.95 bits per heavy atom. The lowest BCUT2D eigenvalue weighted by atomic mass is 10.1. The summed E-state index contributed by atoms with van der Waals surface area (Å²) in [7, 11) is 0. The molecule has 1 saturated heterocycles. The molecule has 0 bridgehead atoms. The van der Waals surface area contributed by atoms with E-state index >= 15 is 0 Å². The number of carbonyl (C=O) groups is 1. The van der Waals surface area contributed by atoms with E-state index in [1.807, 2.05) is 11.0 Å². The largest absolute Gasteiger partial charge is 0.322 e. The molecule has 1 fully saturated rings. The molecule has 0 aromatic heterocycles. The van der Waals surface area contributed by atoms with Crippen LogP contribution in [-0.4, -0.2) is 23.4 Å². The van der Waals surface area contributed by atoms with Crippen molar-refractivity contribution in [1.82, 2.24) is 10.2 Å². The minimum absolute atomic E-state index is 0.00824. The topological polar surface area (TPSA) is 32.3 Å². The highest BCUT2D eigenvalue weighted by atomic mass is 16.2. The fourth-order valence-corrected chi connectivity index (χ4v) is 2.93. The van der Waals surface area contributed by atoms with Crippen LogP contribution in [0.5, 0.6) is 0 Å². The number of rotatable bonds is 6. The zero-order valence-corrected chi connectivity index (χ0v) is 12.9.